The number of piperidine rings is 1. The van der Waals surface area contributed by atoms with E-state index in [2.05, 4.69) is 24.3 Å². The van der Waals surface area contributed by atoms with Gasteiger partial charge in [0.15, 0.2) is 0 Å². The Balaban J connectivity index is 1.78. The van der Waals surface area contributed by atoms with Crippen LogP contribution in [0.15, 0.2) is 42.5 Å². The molecule has 126 valence electrons. The molecule has 1 aliphatic rings. The van der Waals surface area contributed by atoms with Crippen molar-refractivity contribution in [1.82, 2.24) is 9.88 Å². The number of carbonyl (C=O) groups excluding carboxylic acids is 1. The van der Waals surface area contributed by atoms with Crippen molar-refractivity contribution in [3.63, 3.8) is 0 Å². The first-order valence-corrected chi connectivity index (χ1v) is 8.50. The molecule has 4 nitrogen and oxygen atoms in total. The fraction of sp³-hybridized carbons (Fsp3) is 0.400. The lowest BCUT2D eigenvalue weighted by Crippen LogP contribution is -2.37. The summed E-state index contributed by atoms with van der Waals surface area (Å²) in [5, 5.41) is 0. The van der Waals surface area contributed by atoms with Gasteiger partial charge in [0.2, 0.25) is 5.91 Å². The standard InChI is InChI=1S/C20H24N2O2/c1-15(23)22-12-6-8-17(14-22)19-10-5-9-18(21-19)13-16-7-3-4-11-20(16)24-2/h3-5,7,9-11,17H,6,8,12-14H2,1-2H3. The Bertz CT molecular complexity index is 714. The number of nitrogens with zero attached hydrogens (tertiary/aromatic N) is 2. The van der Waals surface area contributed by atoms with E-state index in [9.17, 15) is 4.79 Å². The van der Waals surface area contributed by atoms with E-state index in [1.165, 1.54) is 0 Å². The Morgan fingerprint density at radius 2 is 2.08 bits per heavy atom. The van der Waals surface area contributed by atoms with Crippen LogP contribution in [0.3, 0.4) is 0 Å². The first-order valence-electron chi connectivity index (χ1n) is 8.50. The van der Waals surface area contributed by atoms with E-state index in [1.54, 1.807) is 14.0 Å². The molecule has 0 saturated carbocycles. The van der Waals surface area contributed by atoms with E-state index in [1.807, 2.05) is 23.1 Å². The molecule has 2 heterocycles. The van der Waals surface area contributed by atoms with Crippen molar-refractivity contribution in [3.8, 4) is 5.75 Å². The molecule has 0 spiro atoms. The minimum atomic E-state index is 0.157. The molecular formula is C20H24N2O2. The Labute approximate surface area is 143 Å². The summed E-state index contributed by atoms with van der Waals surface area (Å²) < 4.78 is 5.43. The first kappa shape index (κ1) is 16.5. The Kier molecular flexibility index (Phi) is 5.14. The number of hydrogen-bond donors (Lipinski definition) is 0. The quantitative estimate of drug-likeness (QED) is 0.865. The van der Waals surface area contributed by atoms with Crippen LogP contribution in [0.2, 0.25) is 0 Å². The molecule has 1 unspecified atom stereocenters. The van der Waals surface area contributed by atoms with Gasteiger partial charge in [-0.25, -0.2) is 0 Å². The molecule has 1 atom stereocenters. The number of methoxy groups -OCH3 is 1. The van der Waals surface area contributed by atoms with Crippen molar-refractivity contribution in [1.29, 1.82) is 0 Å². The van der Waals surface area contributed by atoms with Gasteiger partial charge in [0.05, 0.1) is 7.11 Å². The van der Waals surface area contributed by atoms with E-state index in [4.69, 9.17) is 9.72 Å². The molecule has 1 saturated heterocycles. The summed E-state index contributed by atoms with van der Waals surface area (Å²) in [6.07, 6.45) is 2.89. The van der Waals surface area contributed by atoms with Crippen LogP contribution in [0.1, 0.15) is 42.6 Å². The van der Waals surface area contributed by atoms with Gasteiger partial charge in [-0.1, -0.05) is 24.3 Å². The Hall–Kier alpha value is -2.36. The van der Waals surface area contributed by atoms with Gasteiger partial charge in [-0.15, -0.1) is 0 Å². The Morgan fingerprint density at radius 1 is 1.25 bits per heavy atom. The molecule has 1 fully saturated rings. The van der Waals surface area contributed by atoms with Crippen LogP contribution < -0.4 is 4.74 Å². The molecule has 0 radical (unpaired) electrons. The van der Waals surface area contributed by atoms with Crippen molar-refractivity contribution < 1.29 is 9.53 Å². The van der Waals surface area contributed by atoms with E-state index < -0.39 is 0 Å². The number of ether oxygens (including phenoxy) is 1. The van der Waals surface area contributed by atoms with Crippen molar-refractivity contribution in [2.24, 2.45) is 0 Å². The van der Waals surface area contributed by atoms with Crippen molar-refractivity contribution in [3.05, 3.63) is 59.4 Å². The maximum absolute atomic E-state index is 11.6. The summed E-state index contributed by atoms with van der Waals surface area (Å²) in [6, 6.07) is 14.3. The highest BCUT2D eigenvalue weighted by Crippen LogP contribution is 2.27. The van der Waals surface area contributed by atoms with Crippen LogP contribution in [-0.4, -0.2) is 36.0 Å². The minimum Gasteiger partial charge on any atom is -0.496 e. The fourth-order valence-electron chi connectivity index (χ4n) is 3.37. The van der Waals surface area contributed by atoms with E-state index in [-0.39, 0.29) is 5.91 Å². The van der Waals surface area contributed by atoms with Gasteiger partial charge in [0.1, 0.15) is 5.75 Å². The molecule has 0 bridgehead atoms. The van der Waals surface area contributed by atoms with Crippen molar-refractivity contribution >= 4 is 5.91 Å². The first-order chi connectivity index (χ1) is 11.7. The monoisotopic (exact) mass is 324 g/mol. The maximum atomic E-state index is 11.6. The normalized spacial score (nSPS) is 17.6. The SMILES string of the molecule is COc1ccccc1Cc1cccc(C2CCCN(C(C)=O)C2)n1. The molecule has 3 rings (SSSR count). The van der Waals surface area contributed by atoms with Gasteiger partial charge in [0.25, 0.3) is 0 Å². The number of rotatable bonds is 4. The summed E-state index contributed by atoms with van der Waals surface area (Å²) >= 11 is 0. The van der Waals surface area contributed by atoms with Crippen molar-refractivity contribution in [2.45, 2.75) is 32.1 Å². The summed E-state index contributed by atoms with van der Waals surface area (Å²) in [4.78, 5) is 18.4. The predicted octanol–water partition coefficient (Wildman–Crippen LogP) is 3.41. The number of aromatic nitrogens is 1. The third kappa shape index (κ3) is 3.75. The van der Waals surface area contributed by atoms with Crippen molar-refractivity contribution in [2.75, 3.05) is 20.2 Å². The molecule has 1 aromatic heterocycles. The predicted molar refractivity (Wildman–Crippen MR) is 94.3 cm³/mol. The van der Waals surface area contributed by atoms with Crippen LogP contribution in [0.4, 0.5) is 0 Å². The summed E-state index contributed by atoms with van der Waals surface area (Å²) in [6.45, 7) is 3.29. The number of hydrogen-bond acceptors (Lipinski definition) is 3. The number of carbonyl (C=O) groups is 1. The fourth-order valence-corrected chi connectivity index (χ4v) is 3.37. The molecular weight excluding hydrogens is 300 g/mol. The van der Waals surface area contributed by atoms with Gasteiger partial charge in [0, 0.05) is 49.3 Å². The molecule has 1 aromatic carbocycles. The number of para-hydroxylation sites is 1. The average Bonchev–Trinajstić information content (AvgIpc) is 2.62. The highest BCUT2D eigenvalue weighted by Gasteiger charge is 2.23. The summed E-state index contributed by atoms with van der Waals surface area (Å²) in [5.41, 5.74) is 3.27. The lowest BCUT2D eigenvalue weighted by molar-refractivity contribution is -0.130. The second kappa shape index (κ2) is 7.47. The molecule has 0 aliphatic carbocycles. The molecule has 0 N–H and O–H groups in total. The number of amides is 1. The molecule has 2 aromatic rings. The topological polar surface area (TPSA) is 42.4 Å². The van der Waals surface area contributed by atoms with Crippen LogP contribution in [0, 0.1) is 0 Å². The lowest BCUT2D eigenvalue weighted by atomic mass is 9.94. The zero-order chi connectivity index (χ0) is 16.9. The zero-order valence-electron chi connectivity index (χ0n) is 14.4. The van der Waals surface area contributed by atoms with Gasteiger partial charge in [-0.3, -0.25) is 9.78 Å². The summed E-state index contributed by atoms with van der Waals surface area (Å²) in [7, 11) is 1.70. The third-order valence-corrected chi connectivity index (χ3v) is 4.68. The molecule has 24 heavy (non-hydrogen) atoms. The number of benzene rings is 1. The zero-order valence-corrected chi connectivity index (χ0v) is 14.4. The van der Waals surface area contributed by atoms with Gasteiger partial charge >= 0.3 is 0 Å². The number of pyridine rings is 1. The Morgan fingerprint density at radius 3 is 2.88 bits per heavy atom. The van der Waals surface area contributed by atoms with Crippen LogP contribution in [0.25, 0.3) is 0 Å². The third-order valence-electron chi connectivity index (χ3n) is 4.68. The van der Waals surface area contributed by atoms with Gasteiger partial charge < -0.3 is 9.64 Å². The van der Waals surface area contributed by atoms with Gasteiger partial charge in [-0.2, -0.15) is 0 Å². The van der Waals surface area contributed by atoms with E-state index in [0.717, 1.165) is 55.1 Å². The van der Waals surface area contributed by atoms with Gasteiger partial charge in [-0.05, 0) is 31.0 Å². The van der Waals surface area contributed by atoms with Crippen LogP contribution in [-0.2, 0) is 11.2 Å². The highest BCUT2D eigenvalue weighted by atomic mass is 16.5. The molecule has 1 amide bonds. The number of likely N-dealkylation sites (tertiary alicyclic amines) is 1. The second-order valence-corrected chi connectivity index (χ2v) is 6.35. The van der Waals surface area contributed by atoms with E-state index >= 15 is 0 Å². The molecule has 1 aliphatic heterocycles. The lowest BCUT2D eigenvalue weighted by Gasteiger charge is -2.31. The second-order valence-electron chi connectivity index (χ2n) is 6.35. The van der Waals surface area contributed by atoms with Crippen LogP contribution >= 0.6 is 0 Å². The van der Waals surface area contributed by atoms with Crippen LogP contribution in [0.5, 0.6) is 5.75 Å². The maximum Gasteiger partial charge on any atom is 0.219 e. The smallest absolute Gasteiger partial charge is 0.219 e. The summed E-state index contributed by atoms with van der Waals surface area (Å²) in [5.74, 6) is 1.38. The van der Waals surface area contributed by atoms with E-state index in [0.29, 0.717) is 5.92 Å². The largest absolute Gasteiger partial charge is 0.496 e. The molecule has 4 heteroatoms. The highest BCUT2D eigenvalue weighted by molar-refractivity contribution is 5.73. The minimum absolute atomic E-state index is 0.157. The average molecular weight is 324 g/mol.